The highest BCUT2D eigenvalue weighted by Gasteiger charge is 2.42. The van der Waals surface area contributed by atoms with Crippen LogP contribution in [0, 0.1) is 5.92 Å². The Morgan fingerprint density at radius 2 is 1.75 bits per heavy atom. The van der Waals surface area contributed by atoms with Crippen molar-refractivity contribution >= 4 is 23.9 Å². The van der Waals surface area contributed by atoms with Crippen LogP contribution in [0.1, 0.15) is 37.6 Å². The number of amides is 1. The van der Waals surface area contributed by atoms with Crippen molar-refractivity contribution in [1.29, 1.82) is 0 Å². The molecular weight excluding hydrogens is 298 g/mol. The van der Waals surface area contributed by atoms with Crippen molar-refractivity contribution in [3.63, 3.8) is 0 Å². The molecule has 1 aliphatic rings. The standard InChI is InChI=1S/C20H21N3O/c1-14(2)20(3)19(24)22-18(23-20)17-12-11-16(13-21-17)10-9-15-7-5-4-6-8-15/h4-14H,1-3H3,(H,22,23,24). The number of hydrogen-bond acceptors (Lipinski definition) is 3. The normalized spacial score (nSPS) is 20.5. The average Bonchev–Trinajstić information content (AvgIpc) is 2.91. The Kier molecular flexibility index (Phi) is 4.30. The largest absolute Gasteiger partial charge is 0.354 e. The molecule has 0 bridgehead atoms. The van der Waals surface area contributed by atoms with E-state index in [9.17, 15) is 4.79 Å². The Labute approximate surface area is 142 Å². The fourth-order valence-electron chi connectivity index (χ4n) is 2.46. The van der Waals surface area contributed by atoms with Crippen LogP contribution in [0.25, 0.3) is 12.2 Å². The number of aromatic nitrogens is 1. The van der Waals surface area contributed by atoms with Gasteiger partial charge in [-0.25, -0.2) is 0 Å². The molecule has 3 rings (SSSR count). The molecule has 0 saturated heterocycles. The zero-order chi connectivity index (χ0) is 17.2. The molecule has 0 spiro atoms. The molecule has 1 unspecified atom stereocenters. The van der Waals surface area contributed by atoms with E-state index in [2.05, 4.69) is 15.3 Å². The Balaban J connectivity index is 1.75. The summed E-state index contributed by atoms with van der Waals surface area (Å²) in [6.07, 6.45) is 5.84. The minimum atomic E-state index is -0.650. The fourth-order valence-corrected chi connectivity index (χ4v) is 2.46. The number of hydrogen-bond donors (Lipinski definition) is 1. The van der Waals surface area contributed by atoms with Gasteiger partial charge in [0.25, 0.3) is 5.91 Å². The number of carbonyl (C=O) groups excluding carboxylic acids is 1. The molecule has 4 heteroatoms. The van der Waals surface area contributed by atoms with Gasteiger partial charge in [0.15, 0.2) is 5.84 Å². The summed E-state index contributed by atoms with van der Waals surface area (Å²) in [7, 11) is 0. The van der Waals surface area contributed by atoms with Crippen LogP contribution in [-0.4, -0.2) is 22.3 Å². The van der Waals surface area contributed by atoms with Crippen LogP contribution in [0.4, 0.5) is 0 Å². The molecule has 0 fully saturated rings. The smallest absolute Gasteiger partial charge is 0.273 e. The highest BCUT2D eigenvalue weighted by atomic mass is 16.2. The molecule has 1 amide bonds. The molecule has 122 valence electrons. The Morgan fingerprint density at radius 1 is 1.04 bits per heavy atom. The first-order valence-corrected chi connectivity index (χ1v) is 8.10. The van der Waals surface area contributed by atoms with Crippen LogP contribution in [0.2, 0.25) is 0 Å². The number of rotatable bonds is 4. The molecule has 2 aromatic rings. The molecule has 24 heavy (non-hydrogen) atoms. The molecule has 2 heterocycles. The van der Waals surface area contributed by atoms with E-state index in [-0.39, 0.29) is 11.8 Å². The molecule has 1 atom stereocenters. The van der Waals surface area contributed by atoms with Gasteiger partial charge in [-0.2, -0.15) is 4.99 Å². The maximum absolute atomic E-state index is 12.2. The van der Waals surface area contributed by atoms with Crippen molar-refractivity contribution in [3.05, 3.63) is 65.5 Å². The van der Waals surface area contributed by atoms with E-state index in [1.165, 1.54) is 0 Å². The lowest BCUT2D eigenvalue weighted by Gasteiger charge is -2.26. The summed E-state index contributed by atoms with van der Waals surface area (Å²) in [6.45, 7) is 5.90. The van der Waals surface area contributed by atoms with Crippen LogP contribution < -0.4 is 5.32 Å². The topological polar surface area (TPSA) is 54.4 Å². The van der Waals surface area contributed by atoms with Crippen LogP contribution >= 0.6 is 0 Å². The van der Waals surface area contributed by atoms with Gasteiger partial charge in [0.1, 0.15) is 11.2 Å². The summed E-state index contributed by atoms with van der Waals surface area (Å²) >= 11 is 0. The molecule has 0 saturated carbocycles. The molecule has 4 nitrogen and oxygen atoms in total. The van der Waals surface area contributed by atoms with Crippen molar-refractivity contribution in [2.45, 2.75) is 26.3 Å². The van der Waals surface area contributed by atoms with Crippen LogP contribution in [0.15, 0.2) is 53.7 Å². The van der Waals surface area contributed by atoms with Crippen LogP contribution in [0.3, 0.4) is 0 Å². The lowest BCUT2D eigenvalue weighted by Crippen LogP contribution is -2.50. The zero-order valence-electron chi connectivity index (χ0n) is 14.2. The maximum atomic E-state index is 12.2. The number of pyridine rings is 1. The molecule has 1 aliphatic heterocycles. The predicted octanol–water partition coefficient (Wildman–Crippen LogP) is 3.54. The summed E-state index contributed by atoms with van der Waals surface area (Å²) in [5, 5.41) is 3.23. The van der Waals surface area contributed by atoms with E-state index in [1.54, 1.807) is 6.20 Å². The minimum Gasteiger partial charge on any atom is -0.354 e. The molecular formula is C20H21N3O. The van der Waals surface area contributed by atoms with Gasteiger partial charge in [0.05, 0.1) is 0 Å². The van der Waals surface area contributed by atoms with Gasteiger partial charge in [-0.1, -0.05) is 62.4 Å². The second-order valence-corrected chi connectivity index (χ2v) is 6.47. The number of nitrogens with one attached hydrogen (secondary N) is 1. The highest BCUT2D eigenvalue weighted by molar-refractivity contribution is 6.12. The van der Waals surface area contributed by atoms with Crippen molar-refractivity contribution in [3.8, 4) is 0 Å². The SMILES string of the molecule is CC(C)C1(C)NC(c2ccc(C=Cc3ccccc3)cn2)=NC1=O. The van der Waals surface area contributed by atoms with E-state index < -0.39 is 5.54 Å². The van der Waals surface area contributed by atoms with Crippen LogP contribution in [-0.2, 0) is 4.79 Å². The number of amidine groups is 1. The van der Waals surface area contributed by atoms with Gasteiger partial charge in [-0.15, -0.1) is 0 Å². The van der Waals surface area contributed by atoms with E-state index in [4.69, 9.17) is 0 Å². The maximum Gasteiger partial charge on any atom is 0.273 e. The minimum absolute atomic E-state index is 0.137. The van der Waals surface area contributed by atoms with Crippen molar-refractivity contribution in [2.24, 2.45) is 10.9 Å². The summed E-state index contributed by atoms with van der Waals surface area (Å²) in [4.78, 5) is 20.7. The number of aliphatic imine (C=N–C) groups is 1. The second-order valence-electron chi connectivity index (χ2n) is 6.47. The molecule has 0 aliphatic carbocycles. The lowest BCUT2D eigenvalue weighted by molar-refractivity contribution is -0.123. The van der Waals surface area contributed by atoms with Gasteiger partial charge < -0.3 is 5.32 Å². The number of nitrogens with zero attached hydrogens (tertiary/aromatic N) is 2. The number of carbonyl (C=O) groups is 1. The van der Waals surface area contributed by atoms with Gasteiger partial charge in [-0.3, -0.25) is 9.78 Å². The van der Waals surface area contributed by atoms with Gasteiger partial charge >= 0.3 is 0 Å². The average molecular weight is 319 g/mol. The Morgan fingerprint density at radius 3 is 2.33 bits per heavy atom. The highest BCUT2D eigenvalue weighted by Crippen LogP contribution is 2.23. The summed E-state index contributed by atoms with van der Waals surface area (Å²) in [5.41, 5.74) is 2.17. The fraction of sp³-hybridized carbons (Fsp3) is 0.250. The molecule has 1 aromatic heterocycles. The van der Waals surface area contributed by atoms with E-state index >= 15 is 0 Å². The Bertz CT molecular complexity index is 791. The van der Waals surface area contributed by atoms with Crippen LogP contribution in [0.5, 0.6) is 0 Å². The predicted molar refractivity (Wildman–Crippen MR) is 97.5 cm³/mol. The lowest BCUT2D eigenvalue weighted by atomic mass is 9.88. The first kappa shape index (κ1) is 16.1. The van der Waals surface area contributed by atoms with E-state index in [0.29, 0.717) is 11.5 Å². The Hall–Kier alpha value is -2.75. The first-order chi connectivity index (χ1) is 11.5. The monoisotopic (exact) mass is 319 g/mol. The zero-order valence-corrected chi connectivity index (χ0v) is 14.2. The summed E-state index contributed by atoms with van der Waals surface area (Å²) in [5.74, 6) is 0.566. The third-order valence-corrected chi connectivity index (χ3v) is 4.49. The van der Waals surface area contributed by atoms with Gasteiger partial charge in [0, 0.05) is 6.20 Å². The summed E-state index contributed by atoms with van der Waals surface area (Å²) in [6, 6.07) is 14.0. The quantitative estimate of drug-likeness (QED) is 0.938. The molecule has 1 N–H and O–H groups in total. The number of benzene rings is 1. The van der Waals surface area contributed by atoms with E-state index in [1.807, 2.05) is 75.4 Å². The first-order valence-electron chi connectivity index (χ1n) is 8.10. The van der Waals surface area contributed by atoms with Crippen molar-refractivity contribution < 1.29 is 4.79 Å². The molecule has 1 aromatic carbocycles. The third kappa shape index (κ3) is 3.13. The van der Waals surface area contributed by atoms with Crippen molar-refractivity contribution in [2.75, 3.05) is 0 Å². The van der Waals surface area contributed by atoms with Gasteiger partial charge in [0.2, 0.25) is 0 Å². The van der Waals surface area contributed by atoms with Crippen molar-refractivity contribution in [1.82, 2.24) is 10.3 Å². The second kappa shape index (κ2) is 6.40. The van der Waals surface area contributed by atoms with E-state index in [0.717, 1.165) is 11.1 Å². The van der Waals surface area contributed by atoms with Gasteiger partial charge in [-0.05, 0) is 30.0 Å². The summed E-state index contributed by atoms with van der Waals surface area (Å²) < 4.78 is 0. The molecule has 0 radical (unpaired) electrons. The third-order valence-electron chi connectivity index (χ3n) is 4.49.